The van der Waals surface area contributed by atoms with Crippen molar-refractivity contribution in [2.24, 2.45) is 11.1 Å². The molecule has 1 aliphatic rings. The first-order valence-electron chi connectivity index (χ1n) is 7.31. The second-order valence-corrected chi connectivity index (χ2v) is 6.55. The Balaban J connectivity index is 2.25. The van der Waals surface area contributed by atoms with E-state index in [4.69, 9.17) is 23.1 Å². The van der Waals surface area contributed by atoms with Gasteiger partial charge in [-0.2, -0.15) is 0 Å². The molecule has 5 heteroatoms. The third-order valence-corrected chi connectivity index (χ3v) is 4.59. The fourth-order valence-electron chi connectivity index (χ4n) is 2.48. The van der Waals surface area contributed by atoms with Crippen LogP contribution < -0.4 is 5.73 Å². The molecule has 0 atom stereocenters. The summed E-state index contributed by atoms with van der Waals surface area (Å²) in [5.74, 6) is 0. The first-order chi connectivity index (χ1) is 8.95. The van der Waals surface area contributed by atoms with Crippen molar-refractivity contribution in [1.82, 2.24) is 9.80 Å². The van der Waals surface area contributed by atoms with Gasteiger partial charge in [-0.05, 0) is 38.9 Å². The SMILES string of the molecule is CC(C)(CCCN1CCCN(CCO)CC1)C(N)=S. The maximum absolute atomic E-state index is 8.98. The number of β-amino-alcohol motifs (C(OH)–C–C–N with tert-alkyl or cyclic N) is 1. The molecule has 0 aromatic heterocycles. The van der Waals surface area contributed by atoms with Crippen LogP contribution in [0, 0.1) is 5.41 Å². The van der Waals surface area contributed by atoms with Gasteiger partial charge in [0.25, 0.3) is 0 Å². The summed E-state index contributed by atoms with van der Waals surface area (Å²) in [4.78, 5) is 5.49. The average molecular weight is 287 g/mol. The van der Waals surface area contributed by atoms with Gasteiger partial charge in [0.2, 0.25) is 0 Å². The zero-order valence-corrected chi connectivity index (χ0v) is 13.2. The molecule has 112 valence electrons. The Morgan fingerprint density at radius 3 is 2.26 bits per heavy atom. The topological polar surface area (TPSA) is 52.7 Å². The molecule has 1 aliphatic heterocycles. The largest absolute Gasteiger partial charge is 0.395 e. The van der Waals surface area contributed by atoms with Crippen LogP contribution >= 0.6 is 12.2 Å². The number of thiocarbonyl (C=S) groups is 1. The smallest absolute Gasteiger partial charge is 0.0784 e. The minimum absolute atomic E-state index is 0.0237. The maximum atomic E-state index is 8.98. The van der Waals surface area contributed by atoms with Crippen LogP contribution in [-0.2, 0) is 0 Å². The first-order valence-corrected chi connectivity index (χ1v) is 7.72. The third kappa shape index (κ3) is 6.17. The molecule has 0 saturated carbocycles. The third-order valence-electron chi connectivity index (χ3n) is 4.04. The summed E-state index contributed by atoms with van der Waals surface area (Å²) in [5, 5.41) is 8.98. The molecule has 0 spiro atoms. The molecule has 0 bridgehead atoms. The molecule has 0 unspecified atom stereocenters. The fourth-order valence-corrected chi connectivity index (χ4v) is 2.58. The van der Waals surface area contributed by atoms with E-state index in [-0.39, 0.29) is 12.0 Å². The van der Waals surface area contributed by atoms with Crippen LogP contribution in [0.25, 0.3) is 0 Å². The van der Waals surface area contributed by atoms with Crippen LogP contribution in [0.5, 0.6) is 0 Å². The molecule has 19 heavy (non-hydrogen) atoms. The highest BCUT2D eigenvalue weighted by Crippen LogP contribution is 2.22. The van der Waals surface area contributed by atoms with Crippen molar-refractivity contribution in [2.75, 3.05) is 45.9 Å². The van der Waals surface area contributed by atoms with Crippen molar-refractivity contribution in [3.05, 3.63) is 0 Å². The van der Waals surface area contributed by atoms with E-state index < -0.39 is 0 Å². The van der Waals surface area contributed by atoms with E-state index in [0.29, 0.717) is 4.99 Å². The summed E-state index contributed by atoms with van der Waals surface area (Å²) in [5.41, 5.74) is 5.73. The van der Waals surface area contributed by atoms with Crippen LogP contribution in [0.1, 0.15) is 33.1 Å². The molecule has 4 nitrogen and oxygen atoms in total. The van der Waals surface area contributed by atoms with Crippen LogP contribution in [0.15, 0.2) is 0 Å². The van der Waals surface area contributed by atoms with Crippen molar-refractivity contribution in [1.29, 1.82) is 0 Å². The van der Waals surface area contributed by atoms with E-state index >= 15 is 0 Å². The lowest BCUT2D eigenvalue weighted by Crippen LogP contribution is -2.34. The van der Waals surface area contributed by atoms with Gasteiger partial charge < -0.3 is 15.7 Å². The van der Waals surface area contributed by atoms with Gasteiger partial charge in [0.1, 0.15) is 0 Å². The van der Waals surface area contributed by atoms with E-state index in [1.807, 2.05) is 0 Å². The van der Waals surface area contributed by atoms with E-state index in [0.717, 1.165) is 52.1 Å². The lowest BCUT2D eigenvalue weighted by atomic mass is 9.88. The van der Waals surface area contributed by atoms with Crippen molar-refractivity contribution in [3.8, 4) is 0 Å². The standard InChI is InChI=1S/C14H29N3OS/c1-14(2,13(15)19)5-3-6-16-7-4-8-17(10-9-16)11-12-18/h18H,3-12H2,1-2H3,(H2,15,19). The summed E-state index contributed by atoms with van der Waals surface area (Å²) < 4.78 is 0. The minimum atomic E-state index is -0.0237. The van der Waals surface area contributed by atoms with Crippen molar-refractivity contribution >= 4 is 17.2 Å². The summed E-state index contributed by atoms with van der Waals surface area (Å²) >= 11 is 5.10. The summed E-state index contributed by atoms with van der Waals surface area (Å²) in [7, 11) is 0. The van der Waals surface area contributed by atoms with Crippen molar-refractivity contribution in [2.45, 2.75) is 33.1 Å². The zero-order valence-electron chi connectivity index (χ0n) is 12.4. The minimum Gasteiger partial charge on any atom is -0.395 e. The predicted molar refractivity (Wildman–Crippen MR) is 84.4 cm³/mol. The maximum Gasteiger partial charge on any atom is 0.0784 e. The molecule has 3 N–H and O–H groups in total. The lowest BCUT2D eigenvalue weighted by Gasteiger charge is -2.26. The van der Waals surface area contributed by atoms with Gasteiger partial charge >= 0.3 is 0 Å². The normalized spacial score (nSPS) is 19.3. The van der Waals surface area contributed by atoms with Crippen molar-refractivity contribution < 1.29 is 5.11 Å². The summed E-state index contributed by atoms with van der Waals surface area (Å²) in [6, 6.07) is 0. The molecule has 0 amide bonds. The quantitative estimate of drug-likeness (QED) is 0.686. The number of aliphatic hydroxyl groups excluding tert-OH is 1. The van der Waals surface area contributed by atoms with Gasteiger partial charge in [-0.25, -0.2) is 0 Å². The van der Waals surface area contributed by atoms with E-state index in [1.54, 1.807) is 0 Å². The Bertz CT molecular complexity index is 284. The second-order valence-electron chi connectivity index (χ2n) is 6.11. The fraction of sp³-hybridized carbons (Fsp3) is 0.929. The Morgan fingerprint density at radius 2 is 1.74 bits per heavy atom. The van der Waals surface area contributed by atoms with Gasteiger partial charge in [0, 0.05) is 25.0 Å². The highest BCUT2D eigenvalue weighted by atomic mass is 32.1. The molecular formula is C14H29N3OS. The van der Waals surface area contributed by atoms with Gasteiger partial charge in [0.15, 0.2) is 0 Å². The molecule has 0 aromatic rings. The predicted octanol–water partition coefficient (Wildman–Crippen LogP) is 1.08. The Hall–Kier alpha value is -0.230. The number of rotatable bonds is 7. The van der Waals surface area contributed by atoms with Crippen LogP contribution in [0.2, 0.25) is 0 Å². The number of nitrogens with zero attached hydrogens (tertiary/aromatic N) is 2. The number of nitrogens with two attached hydrogens (primary N) is 1. The molecule has 1 fully saturated rings. The van der Waals surface area contributed by atoms with Crippen LogP contribution in [0.4, 0.5) is 0 Å². The summed E-state index contributed by atoms with van der Waals surface area (Å²) in [6.45, 7) is 10.9. The van der Waals surface area contributed by atoms with Gasteiger partial charge in [-0.3, -0.25) is 4.90 Å². The van der Waals surface area contributed by atoms with Crippen LogP contribution in [-0.4, -0.2) is 65.8 Å². The number of hydrogen-bond donors (Lipinski definition) is 2. The zero-order chi connectivity index (χ0) is 14.3. The monoisotopic (exact) mass is 287 g/mol. The Morgan fingerprint density at radius 1 is 1.16 bits per heavy atom. The lowest BCUT2D eigenvalue weighted by molar-refractivity contribution is 0.196. The molecule has 0 radical (unpaired) electrons. The van der Waals surface area contributed by atoms with Gasteiger partial charge in [-0.15, -0.1) is 0 Å². The van der Waals surface area contributed by atoms with Gasteiger partial charge in [-0.1, -0.05) is 26.1 Å². The molecule has 1 rings (SSSR count). The summed E-state index contributed by atoms with van der Waals surface area (Å²) in [6.07, 6.45) is 3.39. The van der Waals surface area contributed by atoms with E-state index in [1.165, 1.54) is 6.42 Å². The Labute approximate surface area is 122 Å². The molecule has 1 saturated heterocycles. The molecule has 0 aliphatic carbocycles. The second kappa shape index (κ2) is 8.15. The first kappa shape index (κ1) is 16.8. The number of hydrogen-bond acceptors (Lipinski definition) is 4. The molecule has 0 aromatic carbocycles. The Kier molecular flexibility index (Phi) is 7.21. The molecular weight excluding hydrogens is 258 g/mol. The van der Waals surface area contributed by atoms with Crippen LogP contribution in [0.3, 0.4) is 0 Å². The molecule has 1 heterocycles. The van der Waals surface area contributed by atoms with Crippen molar-refractivity contribution in [3.63, 3.8) is 0 Å². The van der Waals surface area contributed by atoms with E-state index in [9.17, 15) is 0 Å². The van der Waals surface area contributed by atoms with Gasteiger partial charge in [0.05, 0.1) is 11.6 Å². The van der Waals surface area contributed by atoms with E-state index in [2.05, 4.69) is 23.6 Å². The average Bonchev–Trinajstić information content (AvgIpc) is 2.55. The number of aliphatic hydroxyl groups is 1. The highest BCUT2D eigenvalue weighted by molar-refractivity contribution is 7.80. The highest BCUT2D eigenvalue weighted by Gasteiger charge is 2.21.